The molecule has 6 rings (SSSR count). The van der Waals surface area contributed by atoms with E-state index in [9.17, 15) is 4.79 Å². The summed E-state index contributed by atoms with van der Waals surface area (Å²) in [7, 11) is 1.79. The second-order valence-electron chi connectivity index (χ2n) is 8.65. The first-order valence-electron chi connectivity index (χ1n) is 11.7. The van der Waals surface area contributed by atoms with Crippen LogP contribution in [0.1, 0.15) is 11.1 Å². The summed E-state index contributed by atoms with van der Waals surface area (Å²) in [4.78, 5) is 24.4. The van der Waals surface area contributed by atoms with E-state index < -0.39 is 0 Å². The third-order valence-electron chi connectivity index (χ3n) is 6.49. The van der Waals surface area contributed by atoms with Gasteiger partial charge in [0.2, 0.25) is 0 Å². The number of aromatic nitrogens is 4. The maximum absolute atomic E-state index is 13.4. The summed E-state index contributed by atoms with van der Waals surface area (Å²) >= 11 is 0. The van der Waals surface area contributed by atoms with Gasteiger partial charge in [-0.2, -0.15) is 0 Å². The normalized spacial score (nSPS) is 13.7. The zero-order chi connectivity index (χ0) is 23.8. The van der Waals surface area contributed by atoms with E-state index >= 15 is 0 Å². The van der Waals surface area contributed by atoms with Gasteiger partial charge >= 0.3 is 5.69 Å². The van der Waals surface area contributed by atoms with Crippen LogP contribution in [0, 0.1) is 11.8 Å². The van der Waals surface area contributed by atoms with Crippen LogP contribution in [0.3, 0.4) is 0 Å². The zero-order valence-corrected chi connectivity index (χ0v) is 19.4. The lowest BCUT2D eigenvalue weighted by Crippen LogP contribution is -2.43. The van der Waals surface area contributed by atoms with Crippen LogP contribution < -0.4 is 15.9 Å². The minimum atomic E-state index is -0.101. The minimum Gasteiger partial charge on any atom is -0.369 e. The Bertz CT molecular complexity index is 1650. The van der Waals surface area contributed by atoms with Crippen LogP contribution in [0.2, 0.25) is 0 Å². The molecule has 0 atom stereocenters. The topological polar surface area (TPSA) is 68.0 Å². The van der Waals surface area contributed by atoms with Gasteiger partial charge in [0, 0.05) is 67.8 Å². The lowest BCUT2D eigenvalue weighted by atomic mass is 10.1. The van der Waals surface area contributed by atoms with Crippen LogP contribution >= 0.6 is 0 Å². The Kier molecular flexibility index (Phi) is 5.28. The summed E-state index contributed by atoms with van der Waals surface area (Å²) < 4.78 is 3.43. The van der Waals surface area contributed by atoms with E-state index in [1.807, 2.05) is 42.5 Å². The van der Waals surface area contributed by atoms with Gasteiger partial charge in [0.05, 0.1) is 28.4 Å². The SMILES string of the molecule is Cn1c(=O)n(-c2ccc(N3CCNCC3)cc2)c2c3cc(C#Cc4cccnc4)ccc3ncc21. The quantitative estimate of drug-likeness (QED) is 0.410. The number of piperazine rings is 1. The Hall–Kier alpha value is -4.41. The lowest BCUT2D eigenvalue weighted by molar-refractivity contribution is 0.589. The molecule has 0 saturated carbocycles. The van der Waals surface area contributed by atoms with Crippen LogP contribution in [0.4, 0.5) is 5.69 Å². The van der Waals surface area contributed by atoms with Crippen LogP contribution in [0.5, 0.6) is 0 Å². The second-order valence-corrected chi connectivity index (χ2v) is 8.65. The number of rotatable bonds is 2. The van der Waals surface area contributed by atoms with E-state index in [-0.39, 0.29) is 5.69 Å². The smallest absolute Gasteiger partial charge is 0.333 e. The number of pyridine rings is 2. The number of nitrogens with zero attached hydrogens (tertiary/aromatic N) is 5. The van der Waals surface area contributed by atoms with Crippen molar-refractivity contribution < 1.29 is 0 Å². The van der Waals surface area contributed by atoms with Crippen LogP contribution in [-0.4, -0.2) is 45.3 Å². The standard InChI is InChI=1S/C28H24N6O/c1-32-26-19-31-25-11-6-20(4-5-21-3-2-12-30-18-21)17-24(25)27(26)34(28(32)35)23-9-7-22(8-10-23)33-15-13-29-14-16-33/h2-3,6-12,17-19,29H,13-16H2,1H3. The summed E-state index contributed by atoms with van der Waals surface area (Å²) in [6.45, 7) is 3.92. The van der Waals surface area contributed by atoms with Crippen molar-refractivity contribution in [3.05, 3.63) is 94.8 Å². The highest BCUT2D eigenvalue weighted by Gasteiger charge is 2.17. The fourth-order valence-electron chi connectivity index (χ4n) is 4.63. The van der Waals surface area contributed by atoms with Gasteiger partial charge in [0.25, 0.3) is 0 Å². The average molecular weight is 461 g/mol. The van der Waals surface area contributed by atoms with Gasteiger partial charge in [0.15, 0.2) is 0 Å². The Morgan fingerprint density at radius 1 is 0.914 bits per heavy atom. The van der Waals surface area contributed by atoms with Crippen LogP contribution in [0.15, 0.2) is 78.0 Å². The molecule has 7 nitrogen and oxygen atoms in total. The van der Waals surface area contributed by atoms with E-state index in [2.05, 4.69) is 44.2 Å². The van der Waals surface area contributed by atoms with Gasteiger partial charge in [-0.1, -0.05) is 11.8 Å². The molecule has 172 valence electrons. The molecular formula is C28H24N6O. The molecule has 1 aliphatic heterocycles. The van der Waals surface area contributed by atoms with Gasteiger partial charge in [-0.3, -0.25) is 19.1 Å². The van der Waals surface area contributed by atoms with E-state index in [4.69, 9.17) is 0 Å². The van der Waals surface area contributed by atoms with Gasteiger partial charge in [0.1, 0.15) is 0 Å². The summed E-state index contributed by atoms with van der Waals surface area (Å²) in [5, 5.41) is 4.28. The lowest BCUT2D eigenvalue weighted by Gasteiger charge is -2.29. The number of fused-ring (bicyclic) bond motifs is 3. The van der Waals surface area contributed by atoms with Crippen molar-refractivity contribution in [3.8, 4) is 17.5 Å². The van der Waals surface area contributed by atoms with E-state index in [1.165, 1.54) is 5.69 Å². The van der Waals surface area contributed by atoms with Crippen molar-refractivity contribution in [2.75, 3.05) is 31.1 Å². The highest BCUT2D eigenvalue weighted by molar-refractivity contribution is 6.03. The fourth-order valence-corrected chi connectivity index (χ4v) is 4.63. The van der Waals surface area contributed by atoms with E-state index in [0.29, 0.717) is 0 Å². The molecule has 0 amide bonds. The molecular weight excluding hydrogens is 436 g/mol. The summed E-state index contributed by atoms with van der Waals surface area (Å²) in [6, 6.07) is 18.0. The highest BCUT2D eigenvalue weighted by atomic mass is 16.1. The first kappa shape index (κ1) is 21.1. The molecule has 0 radical (unpaired) electrons. The second kappa shape index (κ2) is 8.75. The van der Waals surface area contributed by atoms with Gasteiger partial charge in [-0.05, 0) is 54.6 Å². The monoisotopic (exact) mass is 460 g/mol. The largest absolute Gasteiger partial charge is 0.369 e. The van der Waals surface area contributed by atoms with Crippen molar-refractivity contribution >= 4 is 27.6 Å². The summed E-state index contributed by atoms with van der Waals surface area (Å²) in [5.41, 5.74) is 6.05. The minimum absolute atomic E-state index is 0.101. The third-order valence-corrected chi connectivity index (χ3v) is 6.49. The molecule has 1 saturated heterocycles. The Morgan fingerprint density at radius 3 is 2.46 bits per heavy atom. The molecule has 1 N–H and O–H groups in total. The molecule has 0 unspecified atom stereocenters. The number of anilines is 1. The van der Waals surface area contributed by atoms with Gasteiger partial charge in [-0.25, -0.2) is 4.79 Å². The highest BCUT2D eigenvalue weighted by Crippen LogP contribution is 2.27. The first-order chi connectivity index (χ1) is 17.2. The Morgan fingerprint density at radius 2 is 1.69 bits per heavy atom. The van der Waals surface area contributed by atoms with Crippen LogP contribution in [0.25, 0.3) is 27.6 Å². The predicted octanol–water partition coefficient (Wildman–Crippen LogP) is 3.08. The number of benzene rings is 2. The first-order valence-corrected chi connectivity index (χ1v) is 11.7. The van der Waals surface area contributed by atoms with Crippen molar-refractivity contribution in [1.82, 2.24) is 24.4 Å². The number of imidazole rings is 1. The van der Waals surface area contributed by atoms with Crippen LogP contribution in [-0.2, 0) is 7.05 Å². The van der Waals surface area contributed by atoms with Crippen molar-refractivity contribution in [2.24, 2.45) is 7.05 Å². The van der Waals surface area contributed by atoms with E-state index in [0.717, 1.165) is 64.9 Å². The molecule has 1 aliphatic rings. The number of aryl methyl sites for hydroxylation is 1. The Balaban J connectivity index is 1.49. The van der Waals surface area contributed by atoms with Gasteiger partial charge in [-0.15, -0.1) is 0 Å². The molecule has 3 aromatic heterocycles. The predicted molar refractivity (Wildman–Crippen MR) is 139 cm³/mol. The van der Waals surface area contributed by atoms with Crippen molar-refractivity contribution in [3.63, 3.8) is 0 Å². The fraction of sp³-hybridized carbons (Fsp3) is 0.179. The van der Waals surface area contributed by atoms with Crippen molar-refractivity contribution in [2.45, 2.75) is 0 Å². The Labute approximate surface area is 202 Å². The number of hydrogen-bond acceptors (Lipinski definition) is 5. The third kappa shape index (κ3) is 3.84. The molecule has 4 heterocycles. The van der Waals surface area contributed by atoms with Gasteiger partial charge < -0.3 is 10.2 Å². The maximum Gasteiger partial charge on any atom is 0.333 e. The average Bonchev–Trinajstić information content (AvgIpc) is 3.18. The van der Waals surface area contributed by atoms with E-state index in [1.54, 1.807) is 34.8 Å². The number of hydrogen-bond donors (Lipinski definition) is 1. The molecule has 7 heteroatoms. The van der Waals surface area contributed by atoms with Crippen molar-refractivity contribution in [1.29, 1.82) is 0 Å². The zero-order valence-electron chi connectivity index (χ0n) is 19.4. The molecule has 5 aromatic rings. The molecule has 2 aromatic carbocycles. The molecule has 0 spiro atoms. The molecule has 1 fully saturated rings. The maximum atomic E-state index is 13.4. The number of nitrogens with one attached hydrogen (secondary N) is 1. The summed E-state index contributed by atoms with van der Waals surface area (Å²) in [5.74, 6) is 6.38. The molecule has 0 aliphatic carbocycles. The molecule has 0 bridgehead atoms. The summed E-state index contributed by atoms with van der Waals surface area (Å²) in [6.07, 6.45) is 5.24. The molecule has 35 heavy (non-hydrogen) atoms.